The van der Waals surface area contributed by atoms with Gasteiger partial charge in [0.2, 0.25) is 5.91 Å². The molecule has 0 saturated carbocycles. The molecule has 7 nitrogen and oxygen atoms in total. The van der Waals surface area contributed by atoms with Crippen molar-refractivity contribution in [3.8, 4) is 0 Å². The zero-order chi connectivity index (χ0) is 13.6. The van der Waals surface area contributed by atoms with Gasteiger partial charge in [-0.1, -0.05) is 5.16 Å². The minimum absolute atomic E-state index is 0.458. The highest BCUT2D eigenvalue weighted by Gasteiger charge is 2.42. The average molecular weight is 258 g/mol. The van der Waals surface area contributed by atoms with Crippen molar-refractivity contribution in [1.82, 2.24) is 5.32 Å². The molecule has 0 aromatic heterocycles. The Morgan fingerprint density at radius 3 is 2.24 bits per heavy atom. The minimum Gasteiger partial charge on any atom is -0.409 e. The molecule has 100 valence electrons. The van der Waals surface area contributed by atoms with Crippen LogP contribution in [-0.2, 0) is 4.79 Å². The van der Waals surface area contributed by atoms with Gasteiger partial charge in [-0.2, -0.15) is 13.2 Å². The molecule has 10 heteroatoms. The highest BCUT2D eigenvalue weighted by atomic mass is 19.4. The van der Waals surface area contributed by atoms with Crippen molar-refractivity contribution in [2.45, 2.75) is 12.3 Å². The number of oxime groups is 1. The van der Waals surface area contributed by atoms with Crippen molar-refractivity contribution in [2.24, 2.45) is 22.5 Å². The van der Waals surface area contributed by atoms with E-state index in [0.29, 0.717) is 0 Å². The van der Waals surface area contributed by atoms with E-state index in [9.17, 15) is 18.0 Å². The lowest BCUT2D eigenvalue weighted by Gasteiger charge is -2.19. The van der Waals surface area contributed by atoms with Crippen LogP contribution in [0, 0.1) is 5.92 Å². The highest BCUT2D eigenvalue weighted by Crippen LogP contribution is 2.25. The number of amidine groups is 1. The summed E-state index contributed by atoms with van der Waals surface area (Å²) in [4.78, 5) is 10.4. The number of carbonyl (C=O) groups excluding carboxylic acids is 1. The normalized spacial score (nSPS) is 16.6. The summed E-state index contributed by atoms with van der Waals surface area (Å²) >= 11 is 0. The van der Waals surface area contributed by atoms with Crippen molar-refractivity contribution >= 4 is 11.7 Å². The third-order valence-corrected chi connectivity index (χ3v) is 1.88. The van der Waals surface area contributed by atoms with Crippen LogP contribution in [0.2, 0.25) is 0 Å². The number of halogens is 3. The number of nitrogens with zero attached hydrogens (tertiary/aromatic N) is 1. The Labute approximate surface area is 94.3 Å². The Bertz CT molecular complexity index is 295. The van der Waals surface area contributed by atoms with Gasteiger partial charge in [0.1, 0.15) is 12.0 Å². The number of alkyl halides is 3. The molecule has 0 fully saturated rings. The van der Waals surface area contributed by atoms with Gasteiger partial charge in [-0.05, 0) is 0 Å². The number of primary amides is 1. The number of hydrogen-bond donors (Lipinski definition) is 5. The van der Waals surface area contributed by atoms with E-state index < -0.39 is 43.0 Å². The zero-order valence-electron chi connectivity index (χ0n) is 8.61. The second-order valence-electron chi connectivity index (χ2n) is 3.20. The summed E-state index contributed by atoms with van der Waals surface area (Å²) in [6.45, 7) is -1.20. The van der Waals surface area contributed by atoms with Crippen LogP contribution in [0.3, 0.4) is 0 Å². The lowest BCUT2D eigenvalue weighted by Crippen LogP contribution is -2.46. The largest absolute Gasteiger partial charge is 0.409 e. The Morgan fingerprint density at radius 2 is 1.88 bits per heavy atom. The van der Waals surface area contributed by atoms with Gasteiger partial charge in [-0.3, -0.25) is 4.79 Å². The number of aliphatic hydroxyl groups excluding tert-OH is 1. The maximum Gasteiger partial charge on any atom is 0.400 e. The molecule has 0 aliphatic heterocycles. The smallest absolute Gasteiger partial charge is 0.400 e. The van der Waals surface area contributed by atoms with Crippen LogP contribution < -0.4 is 16.8 Å². The molecule has 0 aliphatic carbocycles. The topological polar surface area (TPSA) is 134 Å². The molecule has 17 heavy (non-hydrogen) atoms. The molecule has 0 aliphatic rings. The van der Waals surface area contributed by atoms with Crippen LogP contribution in [0.1, 0.15) is 0 Å². The SMILES string of the molecule is NC(=O)C(O)CNCC(C(N)=NO)C(F)(F)F. The Morgan fingerprint density at radius 1 is 1.35 bits per heavy atom. The van der Waals surface area contributed by atoms with E-state index in [4.69, 9.17) is 16.0 Å². The first-order chi connectivity index (χ1) is 7.70. The van der Waals surface area contributed by atoms with Gasteiger partial charge in [0.05, 0.1) is 0 Å². The highest BCUT2D eigenvalue weighted by molar-refractivity contribution is 5.83. The molecular weight excluding hydrogens is 245 g/mol. The molecule has 0 rings (SSSR count). The second kappa shape index (κ2) is 6.25. The molecule has 0 saturated heterocycles. The van der Waals surface area contributed by atoms with Gasteiger partial charge in [-0.25, -0.2) is 0 Å². The van der Waals surface area contributed by atoms with Gasteiger partial charge in [-0.15, -0.1) is 0 Å². The zero-order valence-corrected chi connectivity index (χ0v) is 8.61. The van der Waals surface area contributed by atoms with E-state index >= 15 is 0 Å². The summed E-state index contributed by atoms with van der Waals surface area (Å²) in [7, 11) is 0. The van der Waals surface area contributed by atoms with Crippen molar-refractivity contribution in [3.63, 3.8) is 0 Å². The van der Waals surface area contributed by atoms with E-state index in [-0.39, 0.29) is 0 Å². The molecule has 0 heterocycles. The molecule has 0 spiro atoms. The van der Waals surface area contributed by atoms with E-state index in [2.05, 4.69) is 16.2 Å². The van der Waals surface area contributed by atoms with Gasteiger partial charge in [0, 0.05) is 13.1 Å². The first-order valence-electron chi connectivity index (χ1n) is 4.42. The molecule has 0 aromatic rings. The van der Waals surface area contributed by atoms with E-state index in [1.165, 1.54) is 0 Å². The molecule has 1 amide bonds. The van der Waals surface area contributed by atoms with Crippen molar-refractivity contribution in [1.29, 1.82) is 0 Å². The molecule has 0 radical (unpaired) electrons. The van der Waals surface area contributed by atoms with Crippen LogP contribution in [0.4, 0.5) is 13.2 Å². The first-order valence-corrected chi connectivity index (χ1v) is 4.42. The van der Waals surface area contributed by atoms with Crippen LogP contribution in [0.15, 0.2) is 5.16 Å². The molecule has 2 atom stereocenters. The lowest BCUT2D eigenvalue weighted by molar-refractivity contribution is -0.155. The Balaban J connectivity index is 4.34. The number of aliphatic hydroxyl groups is 1. The first kappa shape index (κ1) is 15.4. The molecule has 2 unspecified atom stereocenters. The van der Waals surface area contributed by atoms with Crippen LogP contribution in [0.5, 0.6) is 0 Å². The third kappa shape index (κ3) is 5.36. The summed E-state index contributed by atoms with van der Waals surface area (Å²) in [6.07, 6.45) is -6.31. The van der Waals surface area contributed by atoms with E-state index in [1.807, 2.05) is 0 Å². The summed E-state index contributed by atoms with van der Waals surface area (Å²) in [6, 6.07) is 0. The number of nitrogens with two attached hydrogens (primary N) is 2. The number of amides is 1. The van der Waals surface area contributed by atoms with Crippen LogP contribution in [-0.4, -0.2) is 47.4 Å². The van der Waals surface area contributed by atoms with Crippen molar-refractivity contribution < 1.29 is 28.3 Å². The summed E-state index contributed by atoms with van der Waals surface area (Å²) in [5.41, 5.74) is 9.55. The average Bonchev–Trinajstić information content (AvgIpc) is 2.21. The fourth-order valence-corrected chi connectivity index (χ4v) is 0.923. The summed E-state index contributed by atoms with van der Waals surface area (Å²) in [5, 5.41) is 21.5. The van der Waals surface area contributed by atoms with Crippen LogP contribution >= 0.6 is 0 Å². The maximum atomic E-state index is 12.4. The third-order valence-electron chi connectivity index (χ3n) is 1.88. The Hall–Kier alpha value is -1.55. The van der Waals surface area contributed by atoms with Crippen molar-refractivity contribution in [3.05, 3.63) is 0 Å². The van der Waals surface area contributed by atoms with Gasteiger partial charge in [0.15, 0.2) is 5.84 Å². The van der Waals surface area contributed by atoms with Crippen LogP contribution in [0.25, 0.3) is 0 Å². The number of carbonyl (C=O) groups is 1. The standard InChI is InChI=1S/C7H13F3N4O3/c8-7(9,10)3(5(11)14-17)1-13-2-4(15)6(12)16/h3-4,13,15,17H,1-2H2,(H2,11,14)(H2,12,16). The summed E-state index contributed by atoms with van der Waals surface area (Å²) < 4.78 is 37.1. The lowest BCUT2D eigenvalue weighted by atomic mass is 10.1. The number of rotatable bonds is 6. The predicted octanol–water partition coefficient (Wildman–Crippen LogP) is -1.65. The summed E-state index contributed by atoms with van der Waals surface area (Å²) in [5.74, 6) is -4.30. The fourth-order valence-electron chi connectivity index (χ4n) is 0.923. The van der Waals surface area contributed by atoms with E-state index in [1.54, 1.807) is 0 Å². The monoisotopic (exact) mass is 258 g/mol. The van der Waals surface area contributed by atoms with Crippen molar-refractivity contribution in [2.75, 3.05) is 13.1 Å². The Kier molecular flexibility index (Phi) is 5.68. The van der Waals surface area contributed by atoms with Gasteiger partial charge < -0.3 is 27.1 Å². The van der Waals surface area contributed by atoms with Gasteiger partial charge >= 0.3 is 6.18 Å². The number of nitrogens with one attached hydrogen (secondary N) is 1. The fraction of sp³-hybridized carbons (Fsp3) is 0.714. The minimum atomic E-state index is -4.71. The van der Waals surface area contributed by atoms with Gasteiger partial charge in [0.25, 0.3) is 0 Å². The molecule has 0 aromatic carbocycles. The number of hydrogen-bond acceptors (Lipinski definition) is 5. The maximum absolute atomic E-state index is 12.4. The second-order valence-corrected chi connectivity index (χ2v) is 3.20. The predicted molar refractivity (Wildman–Crippen MR) is 51.0 cm³/mol. The molecular formula is C7H13F3N4O3. The molecule has 0 bridgehead atoms. The van der Waals surface area contributed by atoms with E-state index in [0.717, 1.165) is 0 Å². The molecule has 7 N–H and O–H groups in total. The quantitative estimate of drug-likeness (QED) is 0.168.